The van der Waals surface area contributed by atoms with E-state index in [1.54, 1.807) is 11.1 Å². The predicted molar refractivity (Wildman–Crippen MR) is 131 cm³/mol. The quantitative estimate of drug-likeness (QED) is 0.584. The number of carbonyl (C=O) groups excluding carboxylic acids is 1. The zero-order chi connectivity index (χ0) is 22.9. The van der Waals surface area contributed by atoms with Gasteiger partial charge in [0.1, 0.15) is 5.82 Å². The second kappa shape index (κ2) is 9.03. The van der Waals surface area contributed by atoms with Gasteiger partial charge >= 0.3 is 0 Å². The summed E-state index contributed by atoms with van der Waals surface area (Å²) < 4.78 is 2.04. The second-order valence-electron chi connectivity index (χ2n) is 8.86. The first-order valence-electron chi connectivity index (χ1n) is 11.3. The summed E-state index contributed by atoms with van der Waals surface area (Å²) in [6.45, 7) is 2.90. The molecule has 1 fully saturated rings. The normalized spacial score (nSPS) is 17.2. The van der Waals surface area contributed by atoms with Crippen LogP contribution < -0.4 is 10.6 Å². The number of carbonyl (C=O) groups is 1. The molecule has 1 aromatic carbocycles. The Bertz CT molecular complexity index is 1170. The highest BCUT2D eigenvalue weighted by atomic mass is 35.5. The van der Waals surface area contributed by atoms with Crippen LogP contribution in [0, 0.1) is 0 Å². The number of piperidine rings is 1. The average molecular weight is 466 g/mol. The van der Waals surface area contributed by atoms with Crippen LogP contribution in [0.15, 0.2) is 42.9 Å². The van der Waals surface area contributed by atoms with Gasteiger partial charge in [0.25, 0.3) is 5.91 Å². The number of hydrogen-bond acceptors (Lipinski definition) is 6. The maximum atomic E-state index is 12.8. The molecule has 0 spiro atoms. The second-order valence-corrected chi connectivity index (χ2v) is 9.27. The lowest BCUT2D eigenvalue weighted by Gasteiger charge is -2.28. The molecule has 4 heterocycles. The molecule has 9 heteroatoms. The average Bonchev–Trinajstić information content (AvgIpc) is 3.27. The van der Waals surface area contributed by atoms with Crippen molar-refractivity contribution in [3.8, 4) is 0 Å². The third kappa shape index (κ3) is 4.54. The van der Waals surface area contributed by atoms with E-state index in [-0.39, 0.29) is 5.91 Å². The van der Waals surface area contributed by atoms with Crippen LogP contribution in [0.5, 0.6) is 0 Å². The summed E-state index contributed by atoms with van der Waals surface area (Å²) in [4.78, 5) is 21.3. The highest BCUT2D eigenvalue weighted by Crippen LogP contribution is 2.33. The van der Waals surface area contributed by atoms with Crippen LogP contribution in [-0.2, 0) is 6.42 Å². The van der Waals surface area contributed by atoms with Gasteiger partial charge in [0.2, 0.25) is 0 Å². The Kier molecular flexibility index (Phi) is 5.95. The lowest BCUT2D eigenvalue weighted by atomic mass is 9.97. The summed E-state index contributed by atoms with van der Waals surface area (Å²) in [7, 11) is 3.98. The standard InChI is InChI=1S/C24H28ClN7O/c1-30-9-7-18(8-10-30)32-15-17(13-27-32)28-22-12-21(19(25)14-26-22)29-20-5-3-4-16-6-11-31(2)24(33)23(16)20/h3-5,12-15,18H,6-11H2,1-2H3,(H2,26,28,29). The van der Waals surface area contributed by atoms with Gasteiger partial charge in [-0.05, 0) is 51.0 Å². The number of anilines is 4. The van der Waals surface area contributed by atoms with Crippen molar-refractivity contribution in [3.05, 3.63) is 59.0 Å². The highest BCUT2D eigenvalue weighted by molar-refractivity contribution is 6.33. The fourth-order valence-electron chi connectivity index (χ4n) is 4.50. The van der Waals surface area contributed by atoms with E-state index >= 15 is 0 Å². The number of hydrogen-bond donors (Lipinski definition) is 2. The van der Waals surface area contributed by atoms with Crippen LogP contribution in [0.4, 0.5) is 22.9 Å². The SMILES string of the molecule is CN1CCC(n2cc(Nc3cc(Nc4cccc5c4C(=O)N(C)CC5)c(Cl)cn3)cn2)CC1. The van der Waals surface area contributed by atoms with Crippen molar-refractivity contribution in [1.29, 1.82) is 0 Å². The first-order valence-corrected chi connectivity index (χ1v) is 11.7. The van der Waals surface area contributed by atoms with Gasteiger partial charge in [-0.1, -0.05) is 23.7 Å². The van der Waals surface area contributed by atoms with Gasteiger partial charge in [-0.3, -0.25) is 9.48 Å². The molecule has 1 amide bonds. The molecule has 2 aliphatic rings. The molecule has 2 aliphatic heterocycles. The van der Waals surface area contributed by atoms with Crippen LogP contribution >= 0.6 is 11.6 Å². The number of halogens is 1. The first kappa shape index (κ1) is 21.7. The monoisotopic (exact) mass is 465 g/mol. The van der Waals surface area contributed by atoms with E-state index in [1.807, 2.05) is 48.4 Å². The molecule has 33 heavy (non-hydrogen) atoms. The minimum Gasteiger partial charge on any atom is -0.353 e. The van der Waals surface area contributed by atoms with Crippen LogP contribution in [0.25, 0.3) is 0 Å². The molecule has 5 rings (SSSR count). The topological polar surface area (TPSA) is 78.3 Å². The molecular weight excluding hydrogens is 438 g/mol. The number of benzene rings is 1. The number of likely N-dealkylation sites (tertiary alicyclic amines) is 1. The van der Waals surface area contributed by atoms with Gasteiger partial charge in [0.05, 0.1) is 46.1 Å². The summed E-state index contributed by atoms with van der Waals surface area (Å²) >= 11 is 6.45. The van der Waals surface area contributed by atoms with Crippen molar-refractivity contribution in [1.82, 2.24) is 24.6 Å². The Morgan fingerprint density at radius 2 is 1.88 bits per heavy atom. The Morgan fingerprint density at radius 1 is 1.06 bits per heavy atom. The number of nitrogens with zero attached hydrogens (tertiary/aromatic N) is 5. The summed E-state index contributed by atoms with van der Waals surface area (Å²) in [6.07, 6.45) is 8.49. The van der Waals surface area contributed by atoms with Crippen LogP contribution in [-0.4, -0.2) is 64.2 Å². The van der Waals surface area contributed by atoms with Crippen molar-refractivity contribution in [2.24, 2.45) is 0 Å². The van der Waals surface area contributed by atoms with Crippen molar-refractivity contribution in [3.63, 3.8) is 0 Å². The molecule has 0 unspecified atom stereocenters. The van der Waals surface area contributed by atoms with Crippen molar-refractivity contribution in [2.75, 3.05) is 44.4 Å². The molecule has 0 saturated carbocycles. The minimum absolute atomic E-state index is 0.0178. The molecule has 3 aromatic rings. The van der Waals surface area contributed by atoms with E-state index in [4.69, 9.17) is 11.6 Å². The summed E-state index contributed by atoms with van der Waals surface area (Å²) in [5.41, 5.74) is 4.06. The third-order valence-electron chi connectivity index (χ3n) is 6.49. The molecule has 8 nitrogen and oxygen atoms in total. The Morgan fingerprint density at radius 3 is 2.70 bits per heavy atom. The Hall–Kier alpha value is -3.10. The Balaban J connectivity index is 1.35. The van der Waals surface area contributed by atoms with E-state index < -0.39 is 0 Å². The Labute approximate surface area is 198 Å². The molecule has 0 bridgehead atoms. The fourth-order valence-corrected chi connectivity index (χ4v) is 4.65. The van der Waals surface area contributed by atoms with Gasteiger partial charge < -0.3 is 20.4 Å². The van der Waals surface area contributed by atoms with Gasteiger partial charge in [-0.25, -0.2) is 4.98 Å². The minimum atomic E-state index is 0.0178. The summed E-state index contributed by atoms with van der Waals surface area (Å²) in [5, 5.41) is 11.7. The molecule has 0 radical (unpaired) electrons. The molecule has 1 saturated heterocycles. The number of nitrogens with one attached hydrogen (secondary N) is 2. The maximum Gasteiger partial charge on any atom is 0.255 e. The number of pyridine rings is 1. The number of fused-ring (bicyclic) bond motifs is 1. The molecule has 172 valence electrons. The molecule has 2 aromatic heterocycles. The number of aromatic nitrogens is 3. The van der Waals surface area contributed by atoms with E-state index in [9.17, 15) is 4.79 Å². The van der Waals surface area contributed by atoms with Crippen molar-refractivity contribution in [2.45, 2.75) is 25.3 Å². The lowest BCUT2D eigenvalue weighted by Crippen LogP contribution is -2.34. The lowest BCUT2D eigenvalue weighted by molar-refractivity contribution is 0.0782. The van der Waals surface area contributed by atoms with Crippen LogP contribution in [0.1, 0.15) is 34.8 Å². The largest absolute Gasteiger partial charge is 0.353 e. The molecular formula is C24H28ClN7O. The third-order valence-corrected chi connectivity index (χ3v) is 6.79. The molecule has 0 atom stereocenters. The van der Waals surface area contributed by atoms with E-state index in [2.05, 4.69) is 32.7 Å². The smallest absolute Gasteiger partial charge is 0.255 e. The first-order chi connectivity index (χ1) is 16.0. The van der Waals surface area contributed by atoms with Crippen LogP contribution in [0.3, 0.4) is 0 Å². The van der Waals surface area contributed by atoms with E-state index in [1.165, 1.54) is 0 Å². The van der Waals surface area contributed by atoms with Gasteiger partial charge in [0.15, 0.2) is 0 Å². The fraction of sp³-hybridized carbons (Fsp3) is 0.375. The zero-order valence-corrected chi connectivity index (χ0v) is 19.6. The van der Waals surface area contributed by atoms with Gasteiger partial charge in [-0.2, -0.15) is 5.10 Å². The predicted octanol–water partition coefficient (Wildman–Crippen LogP) is 4.31. The number of amides is 1. The van der Waals surface area contributed by atoms with Gasteiger partial charge in [-0.15, -0.1) is 0 Å². The van der Waals surface area contributed by atoms with Gasteiger partial charge in [0, 0.05) is 25.9 Å². The highest BCUT2D eigenvalue weighted by Gasteiger charge is 2.25. The maximum absolute atomic E-state index is 12.8. The zero-order valence-electron chi connectivity index (χ0n) is 18.9. The van der Waals surface area contributed by atoms with E-state index in [0.29, 0.717) is 28.1 Å². The van der Waals surface area contributed by atoms with Crippen molar-refractivity contribution >= 4 is 40.4 Å². The molecule has 2 N–H and O–H groups in total. The van der Waals surface area contributed by atoms with Crippen LogP contribution in [0.2, 0.25) is 5.02 Å². The molecule has 0 aliphatic carbocycles. The summed E-state index contributed by atoms with van der Waals surface area (Å²) in [6, 6.07) is 8.16. The van der Waals surface area contributed by atoms with E-state index in [0.717, 1.165) is 55.8 Å². The summed E-state index contributed by atoms with van der Waals surface area (Å²) in [5.74, 6) is 0.669. The number of likely N-dealkylation sites (N-methyl/N-ethyl adjacent to an activating group) is 1. The number of rotatable bonds is 5. The van der Waals surface area contributed by atoms with Crippen molar-refractivity contribution < 1.29 is 4.79 Å².